The van der Waals surface area contributed by atoms with Crippen LogP contribution in [-0.2, 0) is 14.4 Å². The molecule has 0 saturated heterocycles. The van der Waals surface area contributed by atoms with Crippen LogP contribution in [0.25, 0.3) is 0 Å². The predicted molar refractivity (Wildman–Crippen MR) is 85.9 cm³/mol. The zero-order chi connectivity index (χ0) is 17.1. The van der Waals surface area contributed by atoms with E-state index in [1.54, 1.807) is 6.92 Å². The standard InChI is InChI=1S/C15H30N4O3/c1-10(2)8-13(19-14(21)11(3)17)15(22)18-12(9-20)6-4-5-7-16/h9-13H,4-8,16-17H2,1-3H3,(H,18,22)(H,19,21)/t11-,12+,13+/m1/s1. The monoisotopic (exact) mass is 314 g/mol. The van der Waals surface area contributed by atoms with Gasteiger partial charge < -0.3 is 26.9 Å². The Labute approximate surface area is 132 Å². The largest absolute Gasteiger partial charge is 0.345 e. The second-order valence-corrected chi connectivity index (χ2v) is 6.02. The van der Waals surface area contributed by atoms with Gasteiger partial charge in [-0.3, -0.25) is 9.59 Å². The van der Waals surface area contributed by atoms with E-state index in [0.717, 1.165) is 12.8 Å². The molecule has 0 fully saturated rings. The van der Waals surface area contributed by atoms with Crippen molar-refractivity contribution < 1.29 is 14.4 Å². The highest BCUT2D eigenvalue weighted by Gasteiger charge is 2.24. The predicted octanol–water partition coefficient (Wildman–Crippen LogP) is -0.323. The van der Waals surface area contributed by atoms with E-state index < -0.39 is 18.1 Å². The van der Waals surface area contributed by atoms with Gasteiger partial charge in [-0.2, -0.15) is 0 Å². The van der Waals surface area contributed by atoms with E-state index in [9.17, 15) is 14.4 Å². The number of nitrogens with one attached hydrogen (secondary N) is 2. The molecule has 0 bridgehead atoms. The van der Waals surface area contributed by atoms with Gasteiger partial charge in [-0.05, 0) is 45.1 Å². The fourth-order valence-electron chi connectivity index (χ4n) is 1.97. The molecule has 0 heterocycles. The van der Waals surface area contributed by atoms with Crippen molar-refractivity contribution in [2.75, 3.05) is 6.54 Å². The zero-order valence-corrected chi connectivity index (χ0v) is 13.8. The summed E-state index contributed by atoms with van der Waals surface area (Å²) < 4.78 is 0. The SMILES string of the molecule is CC(C)C[C@H](NC(=O)[C@@H](C)N)C(=O)N[C@H](C=O)CCCCN. The van der Waals surface area contributed by atoms with Crippen molar-refractivity contribution in [3.05, 3.63) is 0 Å². The maximum absolute atomic E-state index is 12.3. The molecule has 0 aliphatic heterocycles. The van der Waals surface area contributed by atoms with Gasteiger partial charge in [0, 0.05) is 0 Å². The highest BCUT2D eigenvalue weighted by atomic mass is 16.2. The molecule has 0 aromatic heterocycles. The van der Waals surface area contributed by atoms with E-state index >= 15 is 0 Å². The van der Waals surface area contributed by atoms with Crippen molar-refractivity contribution in [3.63, 3.8) is 0 Å². The summed E-state index contributed by atoms with van der Waals surface area (Å²) in [5.41, 5.74) is 10.9. The van der Waals surface area contributed by atoms with E-state index in [1.807, 2.05) is 13.8 Å². The minimum Gasteiger partial charge on any atom is -0.345 e. The topological polar surface area (TPSA) is 127 Å². The molecule has 22 heavy (non-hydrogen) atoms. The molecule has 7 nitrogen and oxygen atoms in total. The third-order valence-electron chi connectivity index (χ3n) is 3.21. The molecule has 0 saturated carbocycles. The molecule has 2 amide bonds. The Balaban J connectivity index is 4.65. The van der Waals surface area contributed by atoms with Crippen LogP contribution in [0.15, 0.2) is 0 Å². The summed E-state index contributed by atoms with van der Waals surface area (Å²) in [6, 6.07) is -1.93. The highest BCUT2D eigenvalue weighted by molar-refractivity contribution is 5.90. The molecule has 128 valence electrons. The fraction of sp³-hybridized carbons (Fsp3) is 0.800. The summed E-state index contributed by atoms with van der Waals surface area (Å²) in [6.45, 7) is 6.02. The smallest absolute Gasteiger partial charge is 0.243 e. The van der Waals surface area contributed by atoms with E-state index in [4.69, 9.17) is 11.5 Å². The molecule has 0 spiro atoms. The number of hydrogen-bond acceptors (Lipinski definition) is 5. The van der Waals surface area contributed by atoms with Crippen molar-refractivity contribution in [1.29, 1.82) is 0 Å². The number of rotatable bonds is 11. The molecule has 0 radical (unpaired) electrons. The first-order valence-corrected chi connectivity index (χ1v) is 7.83. The van der Waals surface area contributed by atoms with E-state index in [2.05, 4.69) is 10.6 Å². The van der Waals surface area contributed by atoms with Gasteiger partial charge in [-0.1, -0.05) is 13.8 Å². The zero-order valence-electron chi connectivity index (χ0n) is 13.8. The van der Waals surface area contributed by atoms with Crippen LogP contribution in [0.4, 0.5) is 0 Å². The number of unbranched alkanes of at least 4 members (excludes halogenated alkanes) is 1. The van der Waals surface area contributed by atoms with Crippen LogP contribution in [0.3, 0.4) is 0 Å². The Hall–Kier alpha value is -1.47. The van der Waals surface area contributed by atoms with Gasteiger partial charge in [0.1, 0.15) is 12.3 Å². The molecule has 6 N–H and O–H groups in total. The molecule has 3 atom stereocenters. The minimum atomic E-state index is -0.686. The Morgan fingerprint density at radius 2 is 1.73 bits per heavy atom. The van der Waals surface area contributed by atoms with Crippen molar-refractivity contribution in [1.82, 2.24) is 10.6 Å². The van der Waals surface area contributed by atoms with Crippen molar-refractivity contribution in [2.45, 2.75) is 64.6 Å². The van der Waals surface area contributed by atoms with Gasteiger partial charge in [-0.15, -0.1) is 0 Å². The fourth-order valence-corrected chi connectivity index (χ4v) is 1.97. The quantitative estimate of drug-likeness (QED) is 0.307. The van der Waals surface area contributed by atoms with E-state index in [1.165, 1.54) is 0 Å². The van der Waals surface area contributed by atoms with Crippen molar-refractivity contribution >= 4 is 18.1 Å². The summed E-state index contributed by atoms with van der Waals surface area (Å²) >= 11 is 0. The number of carbonyl (C=O) groups is 3. The highest BCUT2D eigenvalue weighted by Crippen LogP contribution is 2.07. The lowest BCUT2D eigenvalue weighted by atomic mass is 10.0. The van der Waals surface area contributed by atoms with Crippen LogP contribution < -0.4 is 22.1 Å². The Bertz CT molecular complexity index is 359. The van der Waals surface area contributed by atoms with Crippen molar-refractivity contribution in [3.8, 4) is 0 Å². The minimum absolute atomic E-state index is 0.219. The number of carbonyl (C=O) groups excluding carboxylic acids is 3. The summed E-state index contributed by atoms with van der Waals surface area (Å²) in [4.78, 5) is 35.1. The van der Waals surface area contributed by atoms with Crippen LogP contribution in [-0.4, -0.2) is 42.8 Å². The molecule has 0 aliphatic rings. The molecule has 0 aromatic rings. The summed E-state index contributed by atoms with van der Waals surface area (Å²) in [6.07, 6.45) is 3.31. The van der Waals surface area contributed by atoms with Gasteiger partial charge in [0.2, 0.25) is 11.8 Å². The lowest BCUT2D eigenvalue weighted by Crippen LogP contribution is -2.53. The van der Waals surface area contributed by atoms with Crippen LogP contribution in [0.2, 0.25) is 0 Å². The summed E-state index contributed by atoms with van der Waals surface area (Å²) in [5.74, 6) is -0.518. The van der Waals surface area contributed by atoms with Crippen molar-refractivity contribution in [2.24, 2.45) is 17.4 Å². The maximum Gasteiger partial charge on any atom is 0.243 e. The Morgan fingerprint density at radius 3 is 2.18 bits per heavy atom. The van der Waals surface area contributed by atoms with Crippen LogP contribution in [0.1, 0.15) is 46.5 Å². The second-order valence-electron chi connectivity index (χ2n) is 6.02. The lowest BCUT2D eigenvalue weighted by Gasteiger charge is -2.23. The van der Waals surface area contributed by atoms with Gasteiger partial charge in [0.25, 0.3) is 0 Å². The summed E-state index contributed by atoms with van der Waals surface area (Å²) in [5, 5.41) is 5.30. The number of amides is 2. The maximum atomic E-state index is 12.3. The molecular weight excluding hydrogens is 284 g/mol. The van der Waals surface area contributed by atoms with Crippen LogP contribution in [0, 0.1) is 5.92 Å². The van der Waals surface area contributed by atoms with Crippen LogP contribution >= 0.6 is 0 Å². The molecular formula is C15H30N4O3. The number of hydrogen-bond donors (Lipinski definition) is 4. The molecule has 7 heteroatoms. The first-order chi connectivity index (χ1) is 10.3. The van der Waals surface area contributed by atoms with Gasteiger partial charge in [-0.25, -0.2) is 0 Å². The first-order valence-electron chi connectivity index (χ1n) is 7.83. The second kappa shape index (κ2) is 11.1. The number of aldehydes is 1. The van der Waals surface area contributed by atoms with E-state index in [-0.39, 0.29) is 17.7 Å². The average Bonchev–Trinajstić information content (AvgIpc) is 2.44. The molecule has 0 rings (SSSR count). The molecule has 0 aromatic carbocycles. The average molecular weight is 314 g/mol. The number of nitrogens with two attached hydrogens (primary N) is 2. The Kier molecular flexibility index (Phi) is 10.4. The third-order valence-corrected chi connectivity index (χ3v) is 3.21. The van der Waals surface area contributed by atoms with Crippen LogP contribution in [0.5, 0.6) is 0 Å². The normalized spacial score (nSPS) is 15.0. The molecule has 0 unspecified atom stereocenters. The first kappa shape index (κ1) is 20.5. The lowest BCUT2D eigenvalue weighted by molar-refractivity contribution is -0.130. The van der Waals surface area contributed by atoms with Gasteiger partial charge in [0.05, 0.1) is 12.1 Å². The van der Waals surface area contributed by atoms with Gasteiger partial charge in [0.15, 0.2) is 0 Å². The Morgan fingerprint density at radius 1 is 1.09 bits per heavy atom. The van der Waals surface area contributed by atoms with Gasteiger partial charge >= 0.3 is 0 Å². The summed E-state index contributed by atoms with van der Waals surface area (Å²) in [7, 11) is 0. The third kappa shape index (κ3) is 8.74. The van der Waals surface area contributed by atoms with E-state index in [0.29, 0.717) is 25.7 Å². The molecule has 0 aliphatic carbocycles.